The summed E-state index contributed by atoms with van der Waals surface area (Å²) < 4.78 is 18.9. The molecule has 110 valence electrons. The number of aryl methyl sites for hydroxylation is 1. The van der Waals surface area contributed by atoms with E-state index < -0.39 is 11.7 Å². The van der Waals surface area contributed by atoms with Crippen LogP contribution in [0.15, 0.2) is 30.3 Å². The van der Waals surface area contributed by atoms with E-state index in [9.17, 15) is 9.18 Å². The van der Waals surface area contributed by atoms with Crippen molar-refractivity contribution < 1.29 is 13.9 Å². The van der Waals surface area contributed by atoms with Gasteiger partial charge in [-0.05, 0) is 43.7 Å². The molecule has 0 saturated carbocycles. The van der Waals surface area contributed by atoms with Crippen molar-refractivity contribution in [3.8, 4) is 5.75 Å². The highest BCUT2D eigenvalue weighted by Gasteiger charge is 2.13. The molecule has 0 saturated heterocycles. The zero-order valence-electron chi connectivity index (χ0n) is 12.2. The Hall–Kier alpha value is -2.56. The summed E-state index contributed by atoms with van der Waals surface area (Å²) in [5.74, 6) is -0.400. The Morgan fingerprint density at radius 3 is 2.57 bits per heavy atom. The molecule has 0 aliphatic rings. The first kappa shape index (κ1) is 14.8. The summed E-state index contributed by atoms with van der Waals surface area (Å²) >= 11 is 0. The number of halogens is 1. The predicted octanol–water partition coefficient (Wildman–Crippen LogP) is 3.29. The summed E-state index contributed by atoms with van der Waals surface area (Å²) in [7, 11) is 1.52. The Bertz CT molecular complexity index is 676. The second-order valence-corrected chi connectivity index (χ2v) is 4.83. The van der Waals surface area contributed by atoms with Gasteiger partial charge in [-0.1, -0.05) is 6.07 Å². The molecule has 1 amide bonds. The van der Waals surface area contributed by atoms with Crippen LogP contribution in [0.1, 0.15) is 21.5 Å². The second-order valence-electron chi connectivity index (χ2n) is 4.83. The van der Waals surface area contributed by atoms with Gasteiger partial charge in [-0.2, -0.15) is 0 Å². The van der Waals surface area contributed by atoms with Crippen LogP contribution >= 0.6 is 0 Å². The first-order valence-electron chi connectivity index (χ1n) is 6.44. The Kier molecular flexibility index (Phi) is 4.12. The van der Waals surface area contributed by atoms with E-state index in [1.165, 1.54) is 19.2 Å². The van der Waals surface area contributed by atoms with Gasteiger partial charge in [0.05, 0.1) is 12.8 Å². The summed E-state index contributed by atoms with van der Waals surface area (Å²) in [6.45, 7) is 3.49. The Labute approximate surface area is 122 Å². The fourth-order valence-electron chi connectivity index (χ4n) is 1.93. The molecule has 5 heteroatoms. The topological polar surface area (TPSA) is 64.3 Å². The lowest BCUT2D eigenvalue weighted by Crippen LogP contribution is -2.14. The molecule has 0 aliphatic heterocycles. The molecule has 0 fully saturated rings. The van der Waals surface area contributed by atoms with Gasteiger partial charge in [0.15, 0.2) is 0 Å². The van der Waals surface area contributed by atoms with Crippen molar-refractivity contribution >= 4 is 17.3 Å². The number of hydrogen-bond acceptors (Lipinski definition) is 3. The largest absolute Gasteiger partial charge is 0.495 e. The fraction of sp³-hybridized carbons (Fsp3) is 0.188. The van der Waals surface area contributed by atoms with E-state index in [0.29, 0.717) is 17.0 Å². The molecule has 2 aromatic carbocycles. The molecule has 3 N–H and O–H groups in total. The number of carbonyl (C=O) groups is 1. The number of benzene rings is 2. The van der Waals surface area contributed by atoms with Crippen molar-refractivity contribution in [2.75, 3.05) is 18.2 Å². The van der Waals surface area contributed by atoms with Gasteiger partial charge in [-0.15, -0.1) is 0 Å². The number of methoxy groups -OCH3 is 1. The number of nitrogen functional groups attached to an aromatic ring is 1. The van der Waals surface area contributed by atoms with E-state index >= 15 is 0 Å². The minimum Gasteiger partial charge on any atom is -0.495 e. The number of hydrogen-bond donors (Lipinski definition) is 2. The van der Waals surface area contributed by atoms with Crippen molar-refractivity contribution in [3.63, 3.8) is 0 Å². The highest BCUT2D eigenvalue weighted by atomic mass is 19.1. The van der Waals surface area contributed by atoms with Gasteiger partial charge in [0.1, 0.15) is 11.6 Å². The maximum Gasteiger partial charge on any atom is 0.255 e. The zero-order chi connectivity index (χ0) is 15.6. The quantitative estimate of drug-likeness (QED) is 0.852. The maximum absolute atomic E-state index is 13.7. The van der Waals surface area contributed by atoms with E-state index in [0.717, 1.165) is 5.56 Å². The van der Waals surface area contributed by atoms with Crippen LogP contribution < -0.4 is 15.8 Å². The number of nitrogens with one attached hydrogen (secondary N) is 1. The van der Waals surface area contributed by atoms with Gasteiger partial charge in [0, 0.05) is 16.8 Å². The van der Waals surface area contributed by atoms with E-state index in [1.54, 1.807) is 19.1 Å². The molecule has 0 aromatic heterocycles. The standard InChI is InChI=1S/C16H17FN2O2/c1-9-4-5-14(15(6-9)21-3)19-16(20)11-7-12(17)10(2)13(18)8-11/h4-8H,18H2,1-3H3,(H,19,20). The first-order chi connectivity index (χ1) is 9.92. The number of carbonyl (C=O) groups excluding carboxylic acids is 1. The van der Waals surface area contributed by atoms with Crippen LogP contribution in [0.2, 0.25) is 0 Å². The number of ether oxygens (including phenoxy) is 1. The predicted molar refractivity (Wildman–Crippen MR) is 81.2 cm³/mol. The molecule has 2 aromatic rings. The molecule has 0 bridgehead atoms. The molecule has 0 heterocycles. The highest BCUT2D eigenvalue weighted by molar-refractivity contribution is 6.05. The van der Waals surface area contributed by atoms with Crippen molar-refractivity contribution in [2.24, 2.45) is 0 Å². The summed E-state index contributed by atoms with van der Waals surface area (Å²) in [4.78, 5) is 12.2. The van der Waals surface area contributed by atoms with Crippen LogP contribution in [0.4, 0.5) is 15.8 Å². The van der Waals surface area contributed by atoms with Gasteiger partial charge in [-0.25, -0.2) is 4.39 Å². The molecular weight excluding hydrogens is 271 g/mol. The minimum atomic E-state index is -0.504. The van der Waals surface area contributed by atoms with E-state index in [2.05, 4.69) is 5.32 Å². The Balaban J connectivity index is 2.30. The Morgan fingerprint density at radius 2 is 1.95 bits per heavy atom. The molecule has 0 radical (unpaired) electrons. The van der Waals surface area contributed by atoms with Gasteiger partial charge in [0.2, 0.25) is 0 Å². The van der Waals surface area contributed by atoms with Crippen molar-refractivity contribution in [1.29, 1.82) is 0 Å². The van der Waals surface area contributed by atoms with Crippen LogP contribution in [-0.2, 0) is 0 Å². The van der Waals surface area contributed by atoms with Crippen LogP contribution in [0, 0.1) is 19.7 Å². The number of rotatable bonds is 3. The van der Waals surface area contributed by atoms with Crippen molar-refractivity contribution in [3.05, 3.63) is 52.8 Å². The lowest BCUT2D eigenvalue weighted by atomic mass is 10.1. The lowest BCUT2D eigenvalue weighted by molar-refractivity contribution is 0.102. The minimum absolute atomic E-state index is 0.165. The van der Waals surface area contributed by atoms with Crippen LogP contribution in [0.5, 0.6) is 5.75 Å². The third-order valence-electron chi connectivity index (χ3n) is 3.25. The average Bonchev–Trinajstić information content (AvgIpc) is 2.45. The van der Waals surface area contributed by atoms with Gasteiger partial charge in [-0.3, -0.25) is 4.79 Å². The number of anilines is 2. The fourth-order valence-corrected chi connectivity index (χ4v) is 1.93. The van der Waals surface area contributed by atoms with Crippen molar-refractivity contribution in [2.45, 2.75) is 13.8 Å². The van der Waals surface area contributed by atoms with Crippen molar-refractivity contribution in [1.82, 2.24) is 0 Å². The monoisotopic (exact) mass is 288 g/mol. The molecule has 0 unspecified atom stereocenters. The third kappa shape index (κ3) is 3.13. The molecular formula is C16H17FN2O2. The van der Waals surface area contributed by atoms with Gasteiger partial charge < -0.3 is 15.8 Å². The van der Waals surface area contributed by atoms with Crippen LogP contribution in [-0.4, -0.2) is 13.0 Å². The molecule has 0 spiro atoms. The average molecular weight is 288 g/mol. The molecule has 4 nitrogen and oxygen atoms in total. The highest BCUT2D eigenvalue weighted by Crippen LogP contribution is 2.26. The van der Waals surface area contributed by atoms with E-state index in [4.69, 9.17) is 10.5 Å². The number of amides is 1. The summed E-state index contributed by atoms with van der Waals surface area (Å²) in [6.07, 6.45) is 0. The molecule has 0 aliphatic carbocycles. The van der Waals surface area contributed by atoms with E-state index in [-0.39, 0.29) is 11.3 Å². The molecule has 2 rings (SSSR count). The maximum atomic E-state index is 13.7. The number of nitrogens with two attached hydrogens (primary N) is 1. The van der Waals surface area contributed by atoms with Gasteiger partial charge in [0.25, 0.3) is 5.91 Å². The third-order valence-corrected chi connectivity index (χ3v) is 3.25. The normalized spacial score (nSPS) is 10.3. The first-order valence-corrected chi connectivity index (χ1v) is 6.44. The Morgan fingerprint density at radius 1 is 1.24 bits per heavy atom. The zero-order valence-corrected chi connectivity index (χ0v) is 12.2. The molecule has 21 heavy (non-hydrogen) atoms. The van der Waals surface area contributed by atoms with Crippen LogP contribution in [0.25, 0.3) is 0 Å². The molecule has 0 atom stereocenters. The van der Waals surface area contributed by atoms with Gasteiger partial charge >= 0.3 is 0 Å². The summed E-state index contributed by atoms with van der Waals surface area (Å²) in [5.41, 5.74) is 7.96. The SMILES string of the molecule is COc1cc(C)ccc1NC(=O)c1cc(N)c(C)c(F)c1. The van der Waals surface area contributed by atoms with E-state index in [1.807, 2.05) is 13.0 Å². The second kappa shape index (κ2) is 5.83. The smallest absolute Gasteiger partial charge is 0.255 e. The summed E-state index contributed by atoms with van der Waals surface area (Å²) in [6, 6.07) is 8.01. The lowest BCUT2D eigenvalue weighted by Gasteiger charge is -2.12. The summed E-state index contributed by atoms with van der Waals surface area (Å²) in [5, 5.41) is 2.69. The van der Waals surface area contributed by atoms with Crippen LogP contribution in [0.3, 0.4) is 0 Å².